The average Bonchev–Trinajstić information content (AvgIpc) is 2.62. The number of nitrogen functional groups attached to an aromatic ring is 1. The molecular formula is C11H9NO2. The number of benzene rings is 2. The van der Waals surface area contributed by atoms with Crippen molar-refractivity contribution in [2.75, 3.05) is 12.5 Å². The highest BCUT2D eigenvalue weighted by atomic mass is 16.7. The van der Waals surface area contributed by atoms with E-state index in [0.717, 1.165) is 28.0 Å². The van der Waals surface area contributed by atoms with E-state index >= 15 is 0 Å². The molecule has 0 saturated carbocycles. The highest BCUT2D eigenvalue weighted by Crippen LogP contribution is 2.37. The van der Waals surface area contributed by atoms with Crippen LogP contribution in [0.3, 0.4) is 0 Å². The Morgan fingerprint density at radius 3 is 2.71 bits per heavy atom. The first-order chi connectivity index (χ1) is 6.84. The molecule has 70 valence electrons. The van der Waals surface area contributed by atoms with Gasteiger partial charge >= 0.3 is 0 Å². The van der Waals surface area contributed by atoms with Gasteiger partial charge in [0.1, 0.15) is 0 Å². The summed E-state index contributed by atoms with van der Waals surface area (Å²) < 4.78 is 10.6. The fourth-order valence-corrected chi connectivity index (χ4v) is 1.69. The quantitative estimate of drug-likeness (QED) is 0.643. The smallest absolute Gasteiger partial charge is 0.231 e. The van der Waals surface area contributed by atoms with Crippen LogP contribution in [0, 0.1) is 0 Å². The molecule has 0 aromatic heterocycles. The minimum Gasteiger partial charge on any atom is -0.454 e. The first-order valence-electron chi connectivity index (χ1n) is 4.42. The molecule has 14 heavy (non-hydrogen) atoms. The van der Waals surface area contributed by atoms with E-state index in [1.807, 2.05) is 30.3 Å². The Balaban J connectivity index is 2.39. The fraction of sp³-hybridized carbons (Fsp3) is 0.0909. The maximum absolute atomic E-state index is 5.85. The summed E-state index contributed by atoms with van der Waals surface area (Å²) >= 11 is 0. The summed E-state index contributed by atoms with van der Waals surface area (Å²) in [6.07, 6.45) is 0. The number of anilines is 1. The van der Waals surface area contributed by atoms with Gasteiger partial charge in [0, 0.05) is 11.1 Å². The Hall–Kier alpha value is -1.90. The van der Waals surface area contributed by atoms with E-state index in [1.54, 1.807) is 0 Å². The molecule has 0 aliphatic carbocycles. The van der Waals surface area contributed by atoms with Gasteiger partial charge in [-0.1, -0.05) is 12.1 Å². The molecule has 0 atom stereocenters. The third-order valence-corrected chi connectivity index (χ3v) is 2.41. The molecule has 0 spiro atoms. The van der Waals surface area contributed by atoms with Crippen molar-refractivity contribution < 1.29 is 9.47 Å². The predicted molar refractivity (Wildman–Crippen MR) is 54.5 cm³/mol. The second-order valence-corrected chi connectivity index (χ2v) is 3.27. The van der Waals surface area contributed by atoms with Gasteiger partial charge in [0.15, 0.2) is 11.5 Å². The van der Waals surface area contributed by atoms with E-state index in [4.69, 9.17) is 15.2 Å². The fourth-order valence-electron chi connectivity index (χ4n) is 1.69. The van der Waals surface area contributed by atoms with E-state index in [0.29, 0.717) is 6.79 Å². The van der Waals surface area contributed by atoms with Crippen molar-refractivity contribution in [3.63, 3.8) is 0 Å². The van der Waals surface area contributed by atoms with E-state index in [1.165, 1.54) is 0 Å². The van der Waals surface area contributed by atoms with Gasteiger partial charge in [0.25, 0.3) is 0 Å². The molecule has 3 rings (SSSR count). The van der Waals surface area contributed by atoms with Crippen LogP contribution in [0.15, 0.2) is 30.3 Å². The van der Waals surface area contributed by atoms with Gasteiger partial charge in [-0.05, 0) is 23.6 Å². The zero-order valence-corrected chi connectivity index (χ0v) is 7.49. The first kappa shape index (κ1) is 7.50. The molecule has 0 unspecified atom stereocenters. The van der Waals surface area contributed by atoms with Crippen molar-refractivity contribution in [2.45, 2.75) is 0 Å². The second-order valence-electron chi connectivity index (χ2n) is 3.27. The summed E-state index contributed by atoms with van der Waals surface area (Å²) in [5.74, 6) is 1.57. The Morgan fingerprint density at radius 1 is 1.07 bits per heavy atom. The van der Waals surface area contributed by atoms with Crippen LogP contribution in [-0.4, -0.2) is 6.79 Å². The molecule has 2 aromatic rings. The minimum atomic E-state index is 0.297. The highest BCUT2D eigenvalue weighted by molar-refractivity contribution is 5.95. The molecule has 0 amide bonds. The van der Waals surface area contributed by atoms with E-state index in [2.05, 4.69) is 0 Å². The molecule has 0 saturated heterocycles. The number of fused-ring (bicyclic) bond motifs is 2. The van der Waals surface area contributed by atoms with Gasteiger partial charge in [0.05, 0.1) is 0 Å². The highest BCUT2D eigenvalue weighted by Gasteiger charge is 2.14. The van der Waals surface area contributed by atoms with Gasteiger partial charge in [0.2, 0.25) is 6.79 Å². The van der Waals surface area contributed by atoms with Crippen molar-refractivity contribution in [3.05, 3.63) is 30.3 Å². The zero-order chi connectivity index (χ0) is 9.54. The predicted octanol–water partition coefficient (Wildman–Crippen LogP) is 2.15. The number of hydrogen-bond acceptors (Lipinski definition) is 3. The van der Waals surface area contributed by atoms with Crippen LogP contribution in [0.5, 0.6) is 11.5 Å². The monoisotopic (exact) mass is 187 g/mol. The van der Waals surface area contributed by atoms with Crippen molar-refractivity contribution in [3.8, 4) is 11.5 Å². The summed E-state index contributed by atoms with van der Waals surface area (Å²) in [6.45, 7) is 0.297. The standard InChI is InChI=1S/C11H9NO2/c12-9-3-1-2-7-4-10-11(5-8(7)9)14-6-13-10/h1-5H,6,12H2. The molecule has 0 fully saturated rings. The lowest BCUT2D eigenvalue weighted by molar-refractivity contribution is 0.174. The lowest BCUT2D eigenvalue weighted by Gasteiger charge is -2.03. The van der Waals surface area contributed by atoms with Crippen LogP contribution in [0.2, 0.25) is 0 Å². The van der Waals surface area contributed by atoms with Crippen LogP contribution in [-0.2, 0) is 0 Å². The lowest BCUT2D eigenvalue weighted by Crippen LogP contribution is -1.92. The molecule has 0 bridgehead atoms. The molecule has 3 heteroatoms. The number of nitrogens with two attached hydrogens (primary N) is 1. The second kappa shape index (κ2) is 2.54. The van der Waals surface area contributed by atoms with Gasteiger partial charge in [-0.25, -0.2) is 0 Å². The van der Waals surface area contributed by atoms with Crippen molar-refractivity contribution >= 4 is 16.5 Å². The Labute approximate surface area is 81.0 Å². The third kappa shape index (κ3) is 0.923. The maximum atomic E-state index is 5.85. The summed E-state index contributed by atoms with van der Waals surface area (Å²) in [6, 6.07) is 9.69. The summed E-state index contributed by atoms with van der Waals surface area (Å²) in [7, 11) is 0. The minimum absolute atomic E-state index is 0.297. The molecule has 1 aliphatic heterocycles. The number of rotatable bonds is 0. The number of hydrogen-bond donors (Lipinski definition) is 1. The Bertz CT molecular complexity index is 508. The van der Waals surface area contributed by atoms with Crippen molar-refractivity contribution in [1.29, 1.82) is 0 Å². The molecule has 1 aliphatic rings. The Kier molecular flexibility index (Phi) is 1.36. The van der Waals surface area contributed by atoms with Crippen LogP contribution in [0.1, 0.15) is 0 Å². The lowest BCUT2D eigenvalue weighted by atomic mass is 10.1. The molecule has 2 aromatic carbocycles. The largest absolute Gasteiger partial charge is 0.454 e. The van der Waals surface area contributed by atoms with Crippen LogP contribution in [0.4, 0.5) is 5.69 Å². The van der Waals surface area contributed by atoms with Gasteiger partial charge in [-0.3, -0.25) is 0 Å². The number of ether oxygens (including phenoxy) is 2. The van der Waals surface area contributed by atoms with Crippen LogP contribution < -0.4 is 15.2 Å². The first-order valence-corrected chi connectivity index (χ1v) is 4.42. The zero-order valence-electron chi connectivity index (χ0n) is 7.49. The van der Waals surface area contributed by atoms with Crippen molar-refractivity contribution in [2.24, 2.45) is 0 Å². The molecular weight excluding hydrogens is 178 g/mol. The van der Waals surface area contributed by atoms with Gasteiger partial charge in [-0.2, -0.15) is 0 Å². The van der Waals surface area contributed by atoms with E-state index in [9.17, 15) is 0 Å². The van der Waals surface area contributed by atoms with E-state index < -0.39 is 0 Å². The molecule has 1 heterocycles. The molecule has 0 radical (unpaired) electrons. The SMILES string of the molecule is Nc1cccc2cc3c(cc12)OCO3. The van der Waals surface area contributed by atoms with Crippen molar-refractivity contribution in [1.82, 2.24) is 0 Å². The summed E-state index contributed by atoms with van der Waals surface area (Å²) in [5, 5.41) is 2.09. The van der Waals surface area contributed by atoms with Crippen LogP contribution in [0.25, 0.3) is 10.8 Å². The van der Waals surface area contributed by atoms with Crippen LogP contribution >= 0.6 is 0 Å². The summed E-state index contributed by atoms with van der Waals surface area (Å²) in [5.41, 5.74) is 6.62. The third-order valence-electron chi connectivity index (χ3n) is 2.41. The summed E-state index contributed by atoms with van der Waals surface area (Å²) in [4.78, 5) is 0. The maximum Gasteiger partial charge on any atom is 0.231 e. The molecule has 2 N–H and O–H groups in total. The topological polar surface area (TPSA) is 44.5 Å². The average molecular weight is 187 g/mol. The molecule has 3 nitrogen and oxygen atoms in total. The normalized spacial score (nSPS) is 13.4. The van der Waals surface area contributed by atoms with Gasteiger partial charge < -0.3 is 15.2 Å². The Morgan fingerprint density at radius 2 is 1.86 bits per heavy atom. The van der Waals surface area contributed by atoms with E-state index in [-0.39, 0.29) is 0 Å². The van der Waals surface area contributed by atoms with Gasteiger partial charge in [-0.15, -0.1) is 0 Å².